The van der Waals surface area contributed by atoms with Crippen molar-refractivity contribution in [3.05, 3.63) is 70.8 Å². The van der Waals surface area contributed by atoms with Crippen molar-refractivity contribution in [3.8, 4) is 11.5 Å². The van der Waals surface area contributed by atoms with Gasteiger partial charge in [0.15, 0.2) is 0 Å². The van der Waals surface area contributed by atoms with Crippen molar-refractivity contribution in [1.82, 2.24) is 10.2 Å². The maximum atomic E-state index is 13.0. The Morgan fingerprint density at radius 3 is 2.32 bits per heavy atom. The molecular weight excluding hydrogens is 396 g/mol. The Labute approximate surface area is 182 Å². The van der Waals surface area contributed by atoms with E-state index in [1.165, 1.54) is 7.11 Å². The Hall–Kier alpha value is -3.32. The van der Waals surface area contributed by atoms with Crippen molar-refractivity contribution in [1.29, 1.82) is 0 Å². The highest BCUT2D eigenvalue weighted by Gasteiger charge is 2.38. The van der Waals surface area contributed by atoms with E-state index in [0.29, 0.717) is 23.4 Å². The number of ether oxygens (including phenoxy) is 3. The van der Waals surface area contributed by atoms with Gasteiger partial charge in [-0.25, -0.2) is 4.79 Å². The number of nitrogens with one attached hydrogen (secondary N) is 1. The SMILES string of the molecule is COC(=O)[C@H](N[C@@H]1C(C)=C(C)C(=O)N1Cc1ccc(OC)cc1)c1ccccc1OC. The molecule has 7 heteroatoms. The second kappa shape index (κ2) is 9.66. The largest absolute Gasteiger partial charge is 0.497 e. The van der Waals surface area contributed by atoms with Gasteiger partial charge in [-0.2, -0.15) is 0 Å². The van der Waals surface area contributed by atoms with Crippen LogP contribution in [0.5, 0.6) is 11.5 Å². The molecule has 0 fully saturated rings. The molecule has 0 radical (unpaired) electrons. The van der Waals surface area contributed by atoms with Crippen LogP contribution >= 0.6 is 0 Å². The lowest BCUT2D eigenvalue weighted by Gasteiger charge is -2.31. The summed E-state index contributed by atoms with van der Waals surface area (Å²) in [6.45, 7) is 4.08. The van der Waals surface area contributed by atoms with Crippen LogP contribution in [0.3, 0.4) is 0 Å². The molecule has 31 heavy (non-hydrogen) atoms. The maximum absolute atomic E-state index is 13.0. The van der Waals surface area contributed by atoms with Crippen LogP contribution < -0.4 is 14.8 Å². The average molecular weight is 424 g/mol. The standard InChI is InChI=1S/C24H28N2O5/c1-15-16(2)23(27)26(14-17-10-12-18(29-3)13-11-17)22(15)25-21(24(28)31-5)19-8-6-7-9-20(19)30-4/h6-13,21-22,25H,14H2,1-5H3/t21-,22+/m1/s1. The molecule has 2 aromatic rings. The summed E-state index contributed by atoms with van der Waals surface area (Å²) >= 11 is 0. The third-order valence-corrected chi connectivity index (χ3v) is 5.62. The molecule has 0 aromatic heterocycles. The van der Waals surface area contributed by atoms with E-state index in [1.807, 2.05) is 49.4 Å². The number of carbonyl (C=O) groups is 2. The summed E-state index contributed by atoms with van der Waals surface area (Å²) in [7, 11) is 4.51. The molecule has 0 saturated carbocycles. The second-order valence-corrected chi connectivity index (χ2v) is 7.36. The first-order valence-electron chi connectivity index (χ1n) is 9.99. The van der Waals surface area contributed by atoms with Crippen LogP contribution in [-0.4, -0.2) is 44.3 Å². The first-order valence-corrected chi connectivity index (χ1v) is 9.99. The molecule has 7 nitrogen and oxygen atoms in total. The summed E-state index contributed by atoms with van der Waals surface area (Å²) in [5, 5.41) is 3.33. The Morgan fingerprint density at radius 2 is 1.71 bits per heavy atom. The number of carbonyl (C=O) groups excluding carboxylic acids is 2. The molecule has 2 aromatic carbocycles. The van der Waals surface area contributed by atoms with Crippen molar-refractivity contribution in [2.24, 2.45) is 0 Å². The first-order chi connectivity index (χ1) is 14.9. The molecule has 1 N–H and O–H groups in total. The monoisotopic (exact) mass is 424 g/mol. The van der Waals surface area contributed by atoms with Crippen molar-refractivity contribution < 1.29 is 23.8 Å². The van der Waals surface area contributed by atoms with Gasteiger partial charge in [0.1, 0.15) is 23.7 Å². The number of hydrogen-bond acceptors (Lipinski definition) is 6. The third-order valence-electron chi connectivity index (χ3n) is 5.62. The van der Waals surface area contributed by atoms with Gasteiger partial charge in [-0.15, -0.1) is 0 Å². The number of methoxy groups -OCH3 is 3. The zero-order chi connectivity index (χ0) is 22.5. The molecule has 0 unspecified atom stereocenters. The predicted molar refractivity (Wildman–Crippen MR) is 117 cm³/mol. The van der Waals surface area contributed by atoms with Gasteiger partial charge in [0, 0.05) is 17.7 Å². The molecular formula is C24H28N2O5. The molecule has 2 atom stereocenters. The van der Waals surface area contributed by atoms with E-state index in [-0.39, 0.29) is 5.91 Å². The fourth-order valence-electron chi connectivity index (χ4n) is 3.71. The number of amides is 1. The zero-order valence-electron chi connectivity index (χ0n) is 18.5. The highest BCUT2D eigenvalue weighted by atomic mass is 16.5. The van der Waals surface area contributed by atoms with Crippen LogP contribution in [0, 0.1) is 0 Å². The van der Waals surface area contributed by atoms with Crippen LogP contribution in [-0.2, 0) is 20.9 Å². The number of esters is 1. The van der Waals surface area contributed by atoms with Crippen molar-refractivity contribution in [3.63, 3.8) is 0 Å². The first kappa shape index (κ1) is 22.4. The van der Waals surface area contributed by atoms with Gasteiger partial charge in [0.05, 0.1) is 21.3 Å². The third kappa shape index (κ3) is 4.56. The average Bonchev–Trinajstić information content (AvgIpc) is 3.00. The van der Waals surface area contributed by atoms with E-state index in [1.54, 1.807) is 32.1 Å². The molecule has 1 aliphatic rings. The Balaban J connectivity index is 1.93. The second-order valence-electron chi connectivity index (χ2n) is 7.36. The molecule has 1 heterocycles. The van der Waals surface area contributed by atoms with Gasteiger partial charge in [-0.3, -0.25) is 10.1 Å². The van der Waals surface area contributed by atoms with Gasteiger partial charge in [-0.05, 0) is 43.2 Å². The normalized spacial score (nSPS) is 17.0. The van der Waals surface area contributed by atoms with Crippen LogP contribution in [0.1, 0.15) is 31.0 Å². The summed E-state index contributed by atoms with van der Waals surface area (Å²) in [5.41, 5.74) is 3.12. The fourth-order valence-corrected chi connectivity index (χ4v) is 3.71. The van der Waals surface area contributed by atoms with E-state index in [9.17, 15) is 9.59 Å². The minimum atomic E-state index is -0.807. The Morgan fingerprint density at radius 1 is 1.03 bits per heavy atom. The molecule has 1 aliphatic heterocycles. The smallest absolute Gasteiger partial charge is 0.327 e. The number of benzene rings is 2. The lowest BCUT2D eigenvalue weighted by Crippen LogP contribution is -2.48. The van der Waals surface area contributed by atoms with E-state index in [2.05, 4.69) is 5.32 Å². The maximum Gasteiger partial charge on any atom is 0.327 e. The molecule has 1 amide bonds. The van der Waals surface area contributed by atoms with Crippen molar-refractivity contribution in [2.45, 2.75) is 32.6 Å². The van der Waals surface area contributed by atoms with Crippen LogP contribution in [0.4, 0.5) is 0 Å². The van der Waals surface area contributed by atoms with Crippen molar-refractivity contribution >= 4 is 11.9 Å². The quantitative estimate of drug-likeness (QED) is 0.656. The molecule has 164 valence electrons. The highest BCUT2D eigenvalue weighted by molar-refractivity contribution is 5.97. The summed E-state index contributed by atoms with van der Waals surface area (Å²) < 4.78 is 15.7. The summed E-state index contributed by atoms with van der Waals surface area (Å²) in [5.74, 6) is 0.779. The number of rotatable bonds is 8. The van der Waals surface area contributed by atoms with Crippen LogP contribution in [0.15, 0.2) is 59.7 Å². The van der Waals surface area contributed by atoms with Crippen LogP contribution in [0.2, 0.25) is 0 Å². The Kier molecular flexibility index (Phi) is 6.97. The van der Waals surface area contributed by atoms with Gasteiger partial charge in [-0.1, -0.05) is 30.3 Å². The topological polar surface area (TPSA) is 77.1 Å². The molecule has 0 spiro atoms. The molecule has 0 bridgehead atoms. The van der Waals surface area contributed by atoms with E-state index in [0.717, 1.165) is 16.9 Å². The summed E-state index contributed by atoms with van der Waals surface area (Å²) in [4.78, 5) is 27.4. The van der Waals surface area contributed by atoms with Gasteiger partial charge in [0.2, 0.25) is 0 Å². The van der Waals surface area contributed by atoms with Crippen LogP contribution in [0.25, 0.3) is 0 Å². The molecule has 0 aliphatic carbocycles. The summed E-state index contributed by atoms with van der Waals surface area (Å²) in [6, 6.07) is 14.0. The van der Waals surface area contributed by atoms with Crippen molar-refractivity contribution in [2.75, 3.05) is 21.3 Å². The van der Waals surface area contributed by atoms with Gasteiger partial charge in [0.25, 0.3) is 5.91 Å². The molecule has 3 rings (SSSR count). The number of nitrogens with zero attached hydrogens (tertiary/aromatic N) is 1. The fraction of sp³-hybridized carbons (Fsp3) is 0.333. The highest BCUT2D eigenvalue weighted by Crippen LogP contribution is 2.31. The lowest BCUT2D eigenvalue weighted by molar-refractivity contribution is -0.144. The van der Waals surface area contributed by atoms with E-state index < -0.39 is 18.2 Å². The number of para-hydroxylation sites is 1. The van der Waals surface area contributed by atoms with E-state index in [4.69, 9.17) is 14.2 Å². The van der Waals surface area contributed by atoms with Gasteiger partial charge >= 0.3 is 5.97 Å². The number of hydrogen-bond donors (Lipinski definition) is 1. The minimum Gasteiger partial charge on any atom is -0.497 e. The minimum absolute atomic E-state index is 0.0746. The molecule has 0 saturated heterocycles. The Bertz CT molecular complexity index is 984. The summed E-state index contributed by atoms with van der Waals surface area (Å²) in [6.07, 6.45) is -0.469. The van der Waals surface area contributed by atoms with Gasteiger partial charge < -0.3 is 19.1 Å². The van der Waals surface area contributed by atoms with E-state index >= 15 is 0 Å². The lowest BCUT2D eigenvalue weighted by atomic mass is 10.0. The zero-order valence-corrected chi connectivity index (χ0v) is 18.5. The predicted octanol–water partition coefficient (Wildman–Crippen LogP) is 3.21.